The van der Waals surface area contributed by atoms with Gasteiger partial charge >= 0.3 is 0 Å². The van der Waals surface area contributed by atoms with Crippen LogP contribution in [0.15, 0.2) is 0 Å². The van der Waals surface area contributed by atoms with Gasteiger partial charge in [0.15, 0.2) is 0 Å². The molecule has 0 spiro atoms. The summed E-state index contributed by atoms with van der Waals surface area (Å²) in [6.07, 6.45) is 3.83. The van der Waals surface area contributed by atoms with Gasteiger partial charge in [0.05, 0.1) is 12.3 Å². The van der Waals surface area contributed by atoms with Crippen LogP contribution in [-0.4, -0.2) is 56.6 Å². The summed E-state index contributed by atoms with van der Waals surface area (Å²) >= 11 is 0. The molecule has 0 amide bonds. The first-order valence-corrected chi connectivity index (χ1v) is 8.36. The van der Waals surface area contributed by atoms with Crippen molar-refractivity contribution >= 4 is 10.0 Å². The number of hydrogen-bond donors (Lipinski definition) is 0. The molecule has 1 atom stereocenters. The van der Waals surface area contributed by atoms with Crippen LogP contribution in [0.3, 0.4) is 0 Å². The van der Waals surface area contributed by atoms with Gasteiger partial charge in [0.25, 0.3) is 0 Å². The summed E-state index contributed by atoms with van der Waals surface area (Å²) in [6, 6.07) is 2.15. The number of hydrogen-bond acceptors (Lipinski definition) is 4. The summed E-state index contributed by atoms with van der Waals surface area (Å²) in [5, 5.41) is 8.60. The zero-order valence-corrected chi connectivity index (χ0v) is 12.1. The minimum Gasteiger partial charge on any atom is -0.302 e. The molecule has 1 fully saturated rings. The van der Waals surface area contributed by atoms with Crippen molar-refractivity contribution in [3.63, 3.8) is 0 Å². The fraction of sp³-hybridized carbons (Fsp3) is 0.917. The Morgan fingerprint density at radius 3 is 2.78 bits per heavy atom. The average molecular weight is 273 g/mol. The van der Waals surface area contributed by atoms with E-state index in [1.807, 2.05) is 0 Å². The summed E-state index contributed by atoms with van der Waals surface area (Å²) in [6.45, 7) is 5.94. The molecular weight excluding hydrogens is 250 g/mol. The number of nitriles is 1. The Balaban J connectivity index is 2.49. The van der Waals surface area contributed by atoms with Crippen LogP contribution in [0, 0.1) is 17.2 Å². The molecule has 104 valence electrons. The molecule has 0 bridgehead atoms. The van der Waals surface area contributed by atoms with Crippen molar-refractivity contribution in [3.8, 4) is 6.07 Å². The second-order valence-corrected chi connectivity index (χ2v) is 6.91. The van der Waals surface area contributed by atoms with Gasteiger partial charge in [-0.05, 0) is 25.3 Å². The van der Waals surface area contributed by atoms with E-state index >= 15 is 0 Å². The average Bonchev–Trinajstić information content (AvgIpc) is 2.33. The fourth-order valence-corrected chi connectivity index (χ4v) is 3.37. The molecule has 0 aromatic rings. The monoisotopic (exact) mass is 273 g/mol. The maximum absolute atomic E-state index is 11.5. The van der Waals surface area contributed by atoms with E-state index in [1.54, 1.807) is 4.31 Å². The molecule has 0 saturated carbocycles. The molecular formula is C12H23N3O2S. The predicted molar refractivity (Wildman–Crippen MR) is 71.5 cm³/mol. The molecule has 5 nitrogen and oxygen atoms in total. The topological polar surface area (TPSA) is 64.4 Å². The molecule has 1 rings (SSSR count). The van der Waals surface area contributed by atoms with Crippen molar-refractivity contribution in [1.82, 2.24) is 9.21 Å². The van der Waals surface area contributed by atoms with Gasteiger partial charge in [-0.25, -0.2) is 12.7 Å². The summed E-state index contributed by atoms with van der Waals surface area (Å²) in [7, 11) is -3.06. The van der Waals surface area contributed by atoms with Crippen molar-refractivity contribution in [1.29, 1.82) is 5.26 Å². The molecule has 1 saturated heterocycles. The van der Waals surface area contributed by atoms with Crippen LogP contribution in [0.4, 0.5) is 0 Å². The summed E-state index contributed by atoms with van der Waals surface area (Å²) in [4.78, 5) is 2.24. The largest absolute Gasteiger partial charge is 0.302 e. The lowest BCUT2D eigenvalue weighted by Crippen LogP contribution is -2.43. The quantitative estimate of drug-likeness (QED) is 0.721. The Kier molecular flexibility index (Phi) is 6.06. The molecule has 0 aromatic carbocycles. The Bertz CT molecular complexity index is 389. The van der Waals surface area contributed by atoms with Crippen LogP contribution in [0.25, 0.3) is 0 Å². The summed E-state index contributed by atoms with van der Waals surface area (Å²) in [5.74, 6) is 0.395. The molecule has 1 aliphatic rings. The normalized spacial score (nSPS) is 22.0. The van der Waals surface area contributed by atoms with Gasteiger partial charge in [-0.1, -0.05) is 6.92 Å². The molecule has 1 unspecified atom stereocenters. The second kappa shape index (κ2) is 7.07. The zero-order valence-electron chi connectivity index (χ0n) is 11.3. The lowest BCUT2D eigenvalue weighted by atomic mass is 9.99. The van der Waals surface area contributed by atoms with Crippen LogP contribution in [0.2, 0.25) is 0 Å². The first-order chi connectivity index (χ1) is 8.47. The van der Waals surface area contributed by atoms with Crippen molar-refractivity contribution < 1.29 is 8.42 Å². The summed E-state index contributed by atoms with van der Waals surface area (Å²) < 4.78 is 24.6. The third kappa shape index (κ3) is 4.92. The van der Waals surface area contributed by atoms with Gasteiger partial charge in [-0.2, -0.15) is 5.26 Å². The molecule has 0 aliphatic carbocycles. The minimum atomic E-state index is -3.06. The smallest absolute Gasteiger partial charge is 0.211 e. The highest BCUT2D eigenvalue weighted by Crippen LogP contribution is 2.19. The van der Waals surface area contributed by atoms with Crippen molar-refractivity contribution in [3.05, 3.63) is 0 Å². The van der Waals surface area contributed by atoms with Gasteiger partial charge < -0.3 is 4.90 Å². The van der Waals surface area contributed by atoms with Crippen LogP contribution >= 0.6 is 0 Å². The van der Waals surface area contributed by atoms with Gasteiger partial charge in [-0.15, -0.1) is 0 Å². The molecule has 0 radical (unpaired) electrons. The highest BCUT2D eigenvalue weighted by Gasteiger charge is 2.26. The van der Waals surface area contributed by atoms with E-state index in [9.17, 15) is 8.42 Å². The van der Waals surface area contributed by atoms with Crippen LogP contribution < -0.4 is 0 Å². The molecule has 1 heterocycles. The van der Waals surface area contributed by atoms with Crippen LogP contribution in [0.1, 0.15) is 26.2 Å². The van der Waals surface area contributed by atoms with Gasteiger partial charge in [-0.3, -0.25) is 0 Å². The first-order valence-electron chi connectivity index (χ1n) is 6.51. The highest BCUT2D eigenvalue weighted by atomic mass is 32.2. The molecule has 1 aliphatic heterocycles. The number of sulfonamides is 1. The lowest BCUT2D eigenvalue weighted by molar-refractivity contribution is 0.186. The van der Waals surface area contributed by atoms with E-state index < -0.39 is 10.0 Å². The number of piperidine rings is 1. The van der Waals surface area contributed by atoms with Gasteiger partial charge in [0.1, 0.15) is 0 Å². The fourth-order valence-electron chi connectivity index (χ4n) is 2.43. The van der Waals surface area contributed by atoms with E-state index in [4.69, 9.17) is 5.26 Å². The lowest BCUT2D eigenvalue weighted by Gasteiger charge is -2.33. The maximum Gasteiger partial charge on any atom is 0.211 e. The summed E-state index contributed by atoms with van der Waals surface area (Å²) in [5.41, 5.74) is 0. The molecule has 0 aromatic heterocycles. The van der Waals surface area contributed by atoms with Crippen LogP contribution in [-0.2, 0) is 10.0 Å². The Morgan fingerprint density at radius 1 is 1.50 bits per heavy atom. The van der Waals surface area contributed by atoms with Crippen molar-refractivity contribution in [2.45, 2.75) is 26.2 Å². The Labute approximate surface area is 110 Å². The standard InChI is InChI=1S/C12H23N3O2S/c1-3-14(8-5-7-13)10-12-6-4-9-15(11-12)18(2,16)17/h12H,3-6,8-11H2,1-2H3. The predicted octanol–water partition coefficient (Wildman–Crippen LogP) is 0.894. The first kappa shape index (κ1) is 15.4. The third-order valence-corrected chi connectivity index (χ3v) is 4.72. The van der Waals surface area contributed by atoms with E-state index in [-0.39, 0.29) is 0 Å². The van der Waals surface area contributed by atoms with Crippen molar-refractivity contribution in [2.75, 3.05) is 39.0 Å². The van der Waals surface area contributed by atoms with E-state index in [0.29, 0.717) is 25.4 Å². The Hall–Kier alpha value is -0.640. The molecule has 6 heteroatoms. The Morgan fingerprint density at radius 2 is 2.22 bits per heavy atom. The second-order valence-electron chi connectivity index (χ2n) is 4.93. The minimum absolute atomic E-state index is 0.395. The van der Waals surface area contributed by atoms with E-state index in [2.05, 4.69) is 17.9 Å². The van der Waals surface area contributed by atoms with E-state index in [0.717, 1.165) is 32.5 Å². The van der Waals surface area contributed by atoms with Crippen molar-refractivity contribution in [2.24, 2.45) is 5.92 Å². The third-order valence-electron chi connectivity index (χ3n) is 3.45. The van der Waals surface area contributed by atoms with Crippen LogP contribution in [0.5, 0.6) is 0 Å². The number of nitrogens with zero attached hydrogens (tertiary/aromatic N) is 3. The SMILES string of the molecule is CCN(CCC#N)CC1CCCN(S(C)(=O)=O)C1. The molecule has 18 heavy (non-hydrogen) atoms. The van der Waals surface area contributed by atoms with Gasteiger partial charge in [0.2, 0.25) is 10.0 Å². The van der Waals surface area contributed by atoms with Gasteiger partial charge in [0, 0.05) is 32.6 Å². The zero-order chi connectivity index (χ0) is 13.6. The maximum atomic E-state index is 11.5. The van der Waals surface area contributed by atoms with E-state index in [1.165, 1.54) is 6.26 Å². The molecule has 0 N–H and O–H groups in total. The highest BCUT2D eigenvalue weighted by molar-refractivity contribution is 7.88. The number of rotatable bonds is 6.